The Morgan fingerprint density at radius 1 is 0.276 bits per heavy atom. The monoisotopic (exact) mass is 752 g/mol. The molecular weight excluding hydrogens is 709 g/mol. The Hall–Kier alpha value is -7.56. The fourth-order valence-electron chi connectivity index (χ4n) is 6.94. The van der Waals surface area contributed by atoms with E-state index in [0.29, 0.717) is 0 Å². The van der Waals surface area contributed by atoms with Gasteiger partial charge in [0.15, 0.2) is 0 Å². The average molecular weight is 753 g/mol. The summed E-state index contributed by atoms with van der Waals surface area (Å²) >= 11 is 0. The molecule has 0 aliphatic heterocycles. The van der Waals surface area contributed by atoms with Crippen LogP contribution in [0.3, 0.4) is 0 Å². The molecule has 0 N–H and O–H groups in total. The third-order valence-electron chi connectivity index (χ3n) is 10.1. The van der Waals surface area contributed by atoms with Crippen molar-refractivity contribution in [2.24, 2.45) is 0 Å². The Kier molecular flexibility index (Phi) is 11.6. The fraction of sp³-hybridized carbons (Fsp3) is 0.0370. The van der Waals surface area contributed by atoms with Gasteiger partial charge < -0.3 is 19.3 Å². The quantitative estimate of drug-likeness (QED) is 0.110. The second kappa shape index (κ2) is 17.9. The van der Waals surface area contributed by atoms with Gasteiger partial charge in [0.05, 0.1) is 14.2 Å². The minimum atomic E-state index is 0.837. The number of methoxy groups -OCH3 is 2. The summed E-state index contributed by atoms with van der Waals surface area (Å²) in [4.78, 5) is 4.50. The summed E-state index contributed by atoms with van der Waals surface area (Å²) in [6, 6.07) is 71.9. The largest absolute Gasteiger partial charge is 0.497 e. The summed E-state index contributed by atoms with van der Waals surface area (Å²) in [6.45, 7) is 0. The summed E-state index contributed by atoms with van der Waals surface area (Å²) in [5, 5.41) is 0. The maximum Gasteiger partial charge on any atom is 0.119 e. The molecule has 0 saturated heterocycles. The van der Waals surface area contributed by atoms with Crippen molar-refractivity contribution in [2.75, 3.05) is 24.0 Å². The molecule has 282 valence electrons. The first-order valence-electron chi connectivity index (χ1n) is 19.4. The topological polar surface area (TPSA) is 24.9 Å². The van der Waals surface area contributed by atoms with Gasteiger partial charge >= 0.3 is 0 Å². The highest BCUT2D eigenvalue weighted by atomic mass is 16.5. The molecule has 0 aromatic heterocycles. The van der Waals surface area contributed by atoms with Crippen LogP contribution in [0.15, 0.2) is 206 Å². The zero-order valence-corrected chi connectivity index (χ0v) is 32.7. The van der Waals surface area contributed by atoms with E-state index in [1.165, 1.54) is 11.1 Å². The van der Waals surface area contributed by atoms with E-state index in [-0.39, 0.29) is 0 Å². The van der Waals surface area contributed by atoms with Gasteiger partial charge in [0.25, 0.3) is 0 Å². The van der Waals surface area contributed by atoms with E-state index in [0.717, 1.165) is 67.9 Å². The van der Waals surface area contributed by atoms with Crippen LogP contribution in [-0.2, 0) is 0 Å². The molecule has 0 aliphatic rings. The zero-order chi connectivity index (χ0) is 39.5. The highest BCUT2D eigenvalue weighted by Crippen LogP contribution is 2.37. The van der Waals surface area contributed by atoms with Crippen LogP contribution in [0.2, 0.25) is 0 Å². The van der Waals surface area contributed by atoms with Crippen LogP contribution in [0, 0.1) is 0 Å². The zero-order valence-electron chi connectivity index (χ0n) is 32.7. The third kappa shape index (κ3) is 8.94. The van der Waals surface area contributed by atoms with Crippen molar-refractivity contribution >= 4 is 58.4 Å². The van der Waals surface area contributed by atoms with Crippen LogP contribution < -0.4 is 19.3 Å². The number of hydrogen-bond donors (Lipinski definition) is 0. The van der Waals surface area contributed by atoms with Crippen molar-refractivity contribution < 1.29 is 9.47 Å². The van der Waals surface area contributed by atoms with Gasteiger partial charge in [-0.2, -0.15) is 0 Å². The molecule has 0 heterocycles. The van der Waals surface area contributed by atoms with Gasteiger partial charge in [-0.05, 0) is 130 Å². The number of para-hydroxylation sites is 2. The van der Waals surface area contributed by atoms with Gasteiger partial charge in [0.2, 0.25) is 0 Å². The average Bonchev–Trinajstić information content (AvgIpc) is 3.30. The molecule has 0 aliphatic carbocycles. The molecule has 8 aromatic rings. The molecule has 0 amide bonds. The maximum absolute atomic E-state index is 5.39. The molecule has 0 radical (unpaired) electrons. The highest BCUT2D eigenvalue weighted by Gasteiger charge is 2.13. The Bertz CT molecular complexity index is 2380. The molecule has 4 heteroatoms. The van der Waals surface area contributed by atoms with Gasteiger partial charge in [-0.15, -0.1) is 0 Å². The molecule has 4 nitrogen and oxygen atoms in total. The van der Waals surface area contributed by atoms with Crippen LogP contribution >= 0.6 is 0 Å². The molecule has 0 spiro atoms. The minimum absolute atomic E-state index is 0.837. The van der Waals surface area contributed by atoms with E-state index in [2.05, 4.69) is 204 Å². The number of hydrogen-bond acceptors (Lipinski definition) is 4. The summed E-state index contributed by atoms with van der Waals surface area (Å²) < 4.78 is 10.8. The van der Waals surface area contributed by atoms with E-state index < -0.39 is 0 Å². The second-order valence-corrected chi connectivity index (χ2v) is 13.8. The number of ether oxygens (including phenoxy) is 2. The standard InChI is InChI=1S/C54H44N2O2/c1-57-53-37-33-51(34-38-53)55(47-9-5-3-6-10-47)49-29-21-43(22-30-49)15-13-41-17-25-45(26-18-41)46-27-19-42(20-28-46)14-16-44-23-31-50(32-24-44)56(48-11-7-4-8-12-48)52-35-39-54(58-2)40-36-52/h3-40H,1-2H3/b15-13+,16-14+. The van der Waals surface area contributed by atoms with E-state index in [1.54, 1.807) is 14.2 Å². The molecule has 0 bridgehead atoms. The minimum Gasteiger partial charge on any atom is -0.497 e. The molecule has 0 saturated carbocycles. The Morgan fingerprint density at radius 3 is 0.793 bits per heavy atom. The van der Waals surface area contributed by atoms with Crippen LogP contribution in [0.1, 0.15) is 22.3 Å². The first kappa shape index (κ1) is 37.4. The lowest BCUT2D eigenvalue weighted by atomic mass is 10.0. The SMILES string of the molecule is COc1ccc(N(c2ccccc2)c2ccc(/C=C/c3ccc(-c4ccc(/C=C/c5ccc(N(c6ccccc6)c6ccc(OC)cc6)cc5)cc4)cc3)cc2)cc1. The van der Waals surface area contributed by atoms with E-state index >= 15 is 0 Å². The van der Waals surface area contributed by atoms with Crippen molar-refractivity contribution in [1.82, 2.24) is 0 Å². The Balaban J connectivity index is 0.904. The fourth-order valence-corrected chi connectivity index (χ4v) is 6.94. The van der Waals surface area contributed by atoms with Gasteiger partial charge in [-0.3, -0.25) is 0 Å². The van der Waals surface area contributed by atoms with Crippen molar-refractivity contribution in [1.29, 1.82) is 0 Å². The van der Waals surface area contributed by atoms with E-state index in [1.807, 2.05) is 36.4 Å². The molecule has 8 rings (SSSR count). The summed E-state index contributed by atoms with van der Waals surface area (Å²) in [5.41, 5.74) is 13.5. The van der Waals surface area contributed by atoms with Crippen LogP contribution in [0.4, 0.5) is 34.1 Å². The lowest BCUT2D eigenvalue weighted by Gasteiger charge is -2.25. The third-order valence-corrected chi connectivity index (χ3v) is 10.1. The predicted octanol–water partition coefficient (Wildman–Crippen LogP) is 14.7. The van der Waals surface area contributed by atoms with Gasteiger partial charge in [0, 0.05) is 34.1 Å². The molecule has 8 aromatic carbocycles. The van der Waals surface area contributed by atoms with Crippen molar-refractivity contribution in [3.63, 3.8) is 0 Å². The van der Waals surface area contributed by atoms with Crippen LogP contribution in [-0.4, -0.2) is 14.2 Å². The molecule has 0 unspecified atom stereocenters. The van der Waals surface area contributed by atoms with E-state index in [4.69, 9.17) is 9.47 Å². The number of rotatable bonds is 13. The highest BCUT2D eigenvalue weighted by molar-refractivity contribution is 5.80. The van der Waals surface area contributed by atoms with Crippen molar-refractivity contribution in [3.8, 4) is 22.6 Å². The second-order valence-electron chi connectivity index (χ2n) is 13.8. The molecule has 58 heavy (non-hydrogen) atoms. The van der Waals surface area contributed by atoms with Gasteiger partial charge in [-0.25, -0.2) is 0 Å². The lowest BCUT2D eigenvalue weighted by Crippen LogP contribution is -2.09. The smallest absolute Gasteiger partial charge is 0.119 e. The molecular formula is C54H44N2O2. The maximum atomic E-state index is 5.39. The van der Waals surface area contributed by atoms with Crippen LogP contribution in [0.25, 0.3) is 35.4 Å². The number of nitrogens with zero attached hydrogens (tertiary/aromatic N) is 2. The van der Waals surface area contributed by atoms with Gasteiger partial charge in [-0.1, -0.05) is 133 Å². The Labute approximate surface area is 341 Å². The van der Waals surface area contributed by atoms with Gasteiger partial charge in [0.1, 0.15) is 11.5 Å². The first-order valence-corrected chi connectivity index (χ1v) is 19.4. The number of benzene rings is 8. The Morgan fingerprint density at radius 2 is 0.517 bits per heavy atom. The van der Waals surface area contributed by atoms with E-state index in [9.17, 15) is 0 Å². The number of anilines is 6. The summed E-state index contributed by atoms with van der Waals surface area (Å²) in [6.07, 6.45) is 8.65. The predicted molar refractivity (Wildman–Crippen MR) is 245 cm³/mol. The van der Waals surface area contributed by atoms with Crippen molar-refractivity contribution in [2.45, 2.75) is 0 Å². The lowest BCUT2D eigenvalue weighted by molar-refractivity contribution is 0.414. The summed E-state index contributed by atoms with van der Waals surface area (Å²) in [7, 11) is 3.38. The van der Waals surface area contributed by atoms with Crippen LogP contribution in [0.5, 0.6) is 11.5 Å². The normalized spacial score (nSPS) is 11.1. The molecule has 0 fully saturated rings. The molecule has 0 atom stereocenters. The summed E-state index contributed by atoms with van der Waals surface area (Å²) in [5.74, 6) is 1.67. The van der Waals surface area contributed by atoms with Crippen molar-refractivity contribution in [3.05, 3.63) is 229 Å². The first-order chi connectivity index (χ1) is 28.6.